The Morgan fingerprint density at radius 3 is 2.48 bits per heavy atom. The number of nitrogens with two attached hydrogens (primary N) is 1. The van der Waals surface area contributed by atoms with E-state index in [1.165, 1.54) is 7.11 Å². The molecule has 0 radical (unpaired) electrons. The summed E-state index contributed by atoms with van der Waals surface area (Å²) in [5.74, 6) is 0.224. The second-order valence-electron chi connectivity index (χ2n) is 7.06. The van der Waals surface area contributed by atoms with Crippen molar-refractivity contribution in [3.8, 4) is 5.75 Å². The summed E-state index contributed by atoms with van der Waals surface area (Å²) in [6.45, 7) is 3.50. The quantitative estimate of drug-likeness (QED) is 0.705. The first kappa shape index (κ1) is 25.5. The van der Waals surface area contributed by atoms with Gasteiger partial charge in [0, 0.05) is 38.3 Å². The average molecular weight is 449 g/mol. The molecule has 29 heavy (non-hydrogen) atoms. The highest BCUT2D eigenvalue weighted by molar-refractivity contribution is 5.99. The van der Waals surface area contributed by atoms with Crippen LogP contribution in [0, 0.1) is 0 Å². The number of hydrogen-bond acceptors (Lipinski definition) is 6. The first-order chi connectivity index (χ1) is 13.0. The number of likely N-dealkylation sites (N-methyl/N-ethyl adjacent to an activating group) is 1. The van der Waals surface area contributed by atoms with Crippen LogP contribution < -0.4 is 15.8 Å². The molecule has 8 nitrogen and oxygen atoms in total. The zero-order chi connectivity index (χ0) is 19.4. The predicted octanol–water partition coefficient (Wildman–Crippen LogP) is 1.37. The van der Waals surface area contributed by atoms with Crippen molar-refractivity contribution in [2.45, 2.75) is 25.0 Å². The number of methoxy groups -OCH3 is 1. The highest BCUT2D eigenvalue weighted by Crippen LogP contribution is 2.28. The number of nitrogens with zero attached hydrogens (tertiary/aromatic N) is 2. The van der Waals surface area contributed by atoms with Crippen LogP contribution in [-0.4, -0.2) is 80.7 Å². The fourth-order valence-corrected chi connectivity index (χ4v) is 3.42. The van der Waals surface area contributed by atoms with Crippen molar-refractivity contribution in [2.75, 3.05) is 52.2 Å². The maximum absolute atomic E-state index is 12.8. The fraction of sp³-hybridized carbons (Fsp3) is 0.579. The number of hydrogen-bond donors (Lipinski definition) is 2. The number of amides is 2. The third-order valence-corrected chi connectivity index (χ3v) is 5.16. The molecule has 2 aliphatic rings. The van der Waals surface area contributed by atoms with Crippen LogP contribution >= 0.6 is 24.8 Å². The largest absolute Gasteiger partial charge is 0.495 e. The van der Waals surface area contributed by atoms with E-state index in [1.807, 2.05) is 11.9 Å². The Morgan fingerprint density at radius 2 is 1.90 bits per heavy atom. The predicted molar refractivity (Wildman–Crippen MR) is 116 cm³/mol. The van der Waals surface area contributed by atoms with Gasteiger partial charge in [0.2, 0.25) is 0 Å². The molecule has 0 bridgehead atoms. The summed E-state index contributed by atoms with van der Waals surface area (Å²) >= 11 is 0. The summed E-state index contributed by atoms with van der Waals surface area (Å²) in [6.07, 6.45) is 0.803. The number of ether oxygens (including phenoxy) is 2. The molecule has 1 aromatic carbocycles. The summed E-state index contributed by atoms with van der Waals surface area (Å²) < 4.78 is 11.0. The van der Waals surface area contributed by atoms with Crippen LogP contribution in [0.3, 0.4) is 0 Å². The first-order valence-corrected chi connectivity index (χ1v) is 9.34. The molecule has 0 saturated carbocycles. The monoisotopic (exact) mass is 448 g/mol. The van der Waals surface area contributed by atoms with Crippen LogP contribution in [0.2, 0.25) is 0 Å². The molecular weight excluding hydrogens is 419 g/mol. The number of halogens is 2. The van der Waals surface area contributed by atoms with E-state index < -0.39 is 6.10 Å². The molecule has 0 unspecified atom stereocenters. The minimum atomic E-state index is -0.528. The second kappa shape index (κ2) is 11.6. The SMILES string of the molecule is COc1ccc(C(=O)N2CCN(C)CC2)cc1NC(=O)[C@@H]1CC[C@H](CN)O1.Cl.Cl. The molecule has 2 fully saturated rings. The maximum atomic E-state index is 12.8. The smallest absolute Gasteiger partial charge is 0.254 e. The van der Waals surface area contributed by atoms with Crippen LogP contribution in [0.15, 0.2) is 18.2 Å². The van der Waals surface area contributed by atoms with Crippen molar-refractivity contribution in [1.82, 2.24) is 9.80 Å². The molecule has 10 heteroatoms. The molecular formula is C19H30Cl2N4O4. The van der Waals surface area contributed by atoms with Gasteiger partial charge in [0.05, 0.1) is 18.9 Å². The van der Waals surface area contributed by atoms with E-state index >= 15 is 0 Å². The molecule has 3 rings (SSSR count). The minimum Gasteiger partial charge on any atom is -0.495 e. The highest BCUT2D eigenvalue weighted by atomic mass is 35.5. The van der Waals surface area contributed by atoms with Crippen LogP contribution in [0.25, 0.3) is 0 Å². The Hall–Kier alpha value is -1.58. The third kappa shape index (κ3) is 6.20. The normalized spacial score (nSPS) is 21.7. The van der Waals surface area contributed by atoms with Gasteiger partial charge in [-0.25, -0.2) is 0 Å². The van der Waals surface area contributed by atoms with Gasteiger partial charge in [0.15, 0.2) is 0 Å². The topological polar surface area (TPSA) is 97.1 Å². The first-order valence-electron chi connectivity index (χ1n) is 9.34. The van der Waals surface area contributed by atoms with Gasteiger partial charge in [-0.2, -0.15) is 0 Å². The van der Waals surface area contributed by atoms with Crippen molar-refractivity contribution in [3.05, 3.63) is 23.8 Å². The summed E-state index contributed by atoms with van der Waals surface area (Å²) in [7, 11) is 3.58. The van der Waals surface area contributed by atoms with E-state index in [4.69, 9.17) is 15.2 Å². The average Bonchev–Trinajstić information content (AvgIpc) is 3.17. The molecule has 2 amide bonds. The molecule has 0 spiro atoms. The van der Waals surface area contributed by atoms with Crippen LogP contribution in [0.5, 0.6) is 5.75 Å². The van der Waals surface area contributed by atoms with Gasteiger partial charge in [-0.15, -0.1) is 24.8 Å². The van der Waals surface area contributed by atoms with E-state index in [1.54, 1.807) is 18.2 Å². The van der Waals surface area contributed by atoms with Crippen molar-refractivity contribution in [3.63, 3.8) is 0 Å². The van der Waals surface area contributed by atoms with E-state index in [2.05, 4.69) is 10.2 Å². The molecule has 1 aromatic rings. The number of anilines is 1. The van der Waals surface area contributed by atoms with Crippen molar-refractivity contribution in [2.24, 2.45) is 5.73 Å². The number of piperazine rings is 1. The molecule has 2 saturated heterocycles. The van der Waals surface area contributed by atoms with Gasteiger partial charge in [-0.05, 0) is 38.1 Å². The standard InChI is InChI=1S/C19H28N4O4.2ClH/c1-22-7-9-23(10-8-22)19(25)13-3-5-16(26-2)15(11-13)21-18(24)17-6-4-14(12-20)27-17;;/h3,5,11,14,17H,4,6-10,12,20H2,1-2H3,(H,21,24);2*1H/t14-,17+;;/m1../s1. The molecule has 2 aliphatic heterocycles. The lowest BCUT2D eigenvalue weighted by Gasteiger charge is -2.32. The maximum Gasteiger partial charge on any atom is 0.254 e. The Balaban J connectivity index is 0.00000210. The Kier molecular flexibility index (Phi) is 10.2. The number of nitrogens with one attached hydrogen (secondary N) is 1. The second-order valence-corrected chi connectivity index (χ2v) is 7.06. The van der Waals surface area contributed by atoms with Crippen molar-refractivity contribution in [1.29, 1.82) is 0 Å². The molecule has 2 heterocycles. The van der Waals surface area contributed by atoms with Gasteiger partial charge in [0.1, 0.15) is 11.9 Å². The summed E-state index contributed by atoms with van der Waals surface area (Å²) in [4.78, 5) is 29.4. The van der Waals surface area contributed by atoms with Gasteiger partial charge in [-0.3, -0.25) is 9.59 Å². The molecule has 2 atom stereocenters. The van der Waals surface area contributed by atoms with Crippen molar-refractivity contribution < 1.29 is 19.1 Å². The lowest BCUT2D eigenvalue weighted by molar-refractivity contribution is -0.126. The Bertz CT molecular complexity index is 699. The van der Waals surface area contributed by atoms with E-state index in [-0.39, 0.29) is 42.7 Å². The Morgan fingerprint density at radius 1 is 1.21 bits per heavy atom. The zero-order valence-corrected chi connectivity index (χ0v) is 18.4. The number of carbonyl (C=O) groups is 2. The summed E-state index contributed by atoms with van der Waals surface area (Å²) in [5.41, 5.74) is 6.61. The molecule has 3 N–H and O–H groups in total. The third-order valence-electron chi connectivity index (χ3n) is 5.16. The van der Waals surface area contributed by atoms with Gasteiger partial charge in [-0.1, -0.05) is 0 Å². The summed E-state index contributed by atoms with van der Waals surface area (Å²) in [6, 6.07) is 5.11. The lowest BCUT2D eigenvalue weighted by atomic mass is 10.1. The zero-order valence-electron chi connectivity index (χ0n) is 16.8. The fourth-order valence-electron chi connectivity index (χ4n) is 3.42. The highest BCUT2D eigenvalue weighted by Gasteiger charge is 2.30. The number of rotatable bonds is 5. The van der Waals surface area contributed by atoms with Crippen LogP contribution in [0.1, 0.15) is 23.2 Å². The van der Waals surface area contributed by atoms with E-state index in [0.717, 1.165) is 19.5 Å². The van der Waals surface area contributed by atoms with Gasteiger partial charge >= 0.3 is 0 Å². The summed E-state index contributed by atoms with van der Waals surface area (Å²) in [5, 5.41) is 2.84. The molecule has 0 aromatic heterocycles. The molecule has 0 aliphatic carbocycles. The molecule has 164 valence electrons. The number of carbonyl (C=O) groups excluding carboxylic acids is 2. The van der Waals surface area contributed by atoms with Crippen molar-refractivity contribution >= 4 is 42.3 Å². The van der Waals surface area contributed by atoms with E-state index in [9.17, 15) is 9.59 Å². The van der Waals surface area contributed by atoms with Crippen LogP contribution in [-0.2, 0) is 9.53 Å². The van der Waals surface area contributed by atoms with Gasteiger partial charge in [0.25, 0.3) is 11.8 Å². The van der Waals surface area contributed by atoms with Crippen LogP contribution in [0.4, 0.5) is 5.69 Å². The van der Waals surface area contributed by atoms with E-state index in [0.29, 0.717) is 43.1 Å². The number of benzene rings is 1. The minimum absolute atomic E-state index is 0. The Labute approximate surface area is 183 Å². The lowest BCUT2D eigenvalue weighted by Crippen LogP contribution is -2.47. The van der Waals surface area contributed by atoms with Gasteiger partial charge < -0.3 is 30.3 Å².